The molecule has 0 aromatic carbocycles. The van der Waals surface area contributed by atoms with E-state index in [9.17, 15) is 9.59 Å². The largest absolute Gasteiger partial charge is 0.482 e. The summed E-state index contributed by atoms with van der Waals surface area (Å²) in [5.41, 5.74) is 1.74. The van der Waals surface area contributed by atoms with Crippen molar-refractivity contribution in [3.63, 3.8) is 0 Å². The fraction of sp³-hybridized carbons (Fsp3) is 0.619. The standard InChI is InChI=1S/C21H25ClO3/c1-19(2)7-5-8-20(3)15(19)6-9-21(4)16(20)10-12-14(25-21)11-13(23)18(24)17(12)22/h10-11,15H,5-9H2,1-4H3/t15-,20-,21+/m0/s1. The van der Waals surface area contributed by atoms with Gasteiger partial charge in [-0.3, -0.25) is 9.59 Å². The molecule has 4 heteroatoms. The molecular formula is C21H25ClO3. The quantitative estimate of drug-likeness (QED) is 0.458. The van der Waals surface area contributed by atoms with Crippen LogP contribution in [0.15, 0.2) is 34.1 Å². The van der Waals surface area contributed by atoms with Gasteiger partial charge in [-0.2, -0.15) is 0 Å². The van der Waals surface area contributed by atoms with Gasteiger partial charge in [0.25, 0.3) is 0 Å². The zero-order valence-corrected chi connectivity index (χ0v) is 16.1. The molecule has 0 unspecified atom stereocenters. The second-order valence-corrected chi connectivity index (χ2v) is 9.55. The fourth-order valence-corrected chi connectivity index (χ4v) is 6.18. The number of carbonyl (C=O) groups is 2. The Kier molecular flexibility index (Phi) is 3.48. The minimum Gasteiger partial charge on any atom is -0.482 e. The Morgan fingerprint density at radius 3 is 2.52 bits per heavy atom. The Hall–Kier alpha value is -1.35. The minimum atomic E-state index is -0.633. The van der Waals surface area contributed by atoms with E-state index in [4.69, 9.17) is 16.3 Å². The number of ether oxygens (including phenoxy) is 1. The van der Waals surface area contributed by atoms with E-state index in [1.807, 2.05) is 0 Å². The van der Waals surface area contributed by atoms with Crippen molar-refractivity contribution in [1.82, 2.24) is 0 Å². The van der Waals surface area contributed by atoms with Crippen molar-refractivity contribution >= 4 is 23.2 Å². The van der Waals surface area contributed by atoms with Crippen molar-refractivity contribution in [3.8, 4) is 0 Å². The summed E-state index contributed by atoms with van der Waals surface area (Å²) in [6.07, 6.45) is 8.98. The summed E-state index contributed by atoms with van der Waals surface area (Å²) < 4.78 is 6.33. The van der Waals surface area contributed by atoms with Crippen LogP contribution >= 0.6 is 11.6 Å². The average Bonchev–Trinajstić information content (AvgIpc) is 2.50. The topological polar surface area (TPSA) is 43.4 Å². The van der Waals surface area contributed by atoms with Gasteiger partial charge in [0.15, 0.2) is 0 Å². The SMILES string of the molecule is CC1(C)CCC[C@]2(C)C3=CC4=C(Cl)C(=O)C(=O)C=C4O[C@]3(C)CC[C@@H]12. The molecule has 0 aromatic heterocycles. The van der Waals surface area contributed by atoms with Crippen LogP contribution in [-0.2, 0) is 14.3 Å². The molecule has 0 saturated heterocycles. The lowest BCUT2D eigenvalue weighted by Crippen LogP contribution is -2.54. The van der Waals surface area contributed by atoms with Crippen LogP contribution < -0.4 is 0 Å². The highest BCUT2D eigenvalue weighted by atomic mass is 35.5. The second-order valence-electron chi connectivity index (χ2n) is 9.17. The zero-order chi connectivity index (χ0) is 18.2. The van der Waals surface area contributed by atoms with Crippen molar-refractivity contribution in [2.75, 3.05) is 0 Å². The molecule has 3 atom stereocenters. The summed E-state index contributed by atoms with van der Waals surface area (Å²) >= 11 is 6.23. The van der Waals surface area contributed by atoms with Crippen molar-refractivity contribution in [2.24, 2.45) is 16.7 Å². The first-order chi connectivity index (χ1) is 11.6. The molecular weight excluding hydrogens is 336 g/mol. The summed E-state index contributed by atoms with van der Waals surface area (Å²) in [5, 5.41) is -0.00200. The van der Waals surface area contributed by atoms with E-state index in [0.717, 1.165) is 19.3 Å². The highest BCUT2D eigenvalue weighted by Crippen LogP contribution is 2.64. The Labute approximate surface area is 154 Å². The van der Waals surface area contributed by atoms with Crippen LogP contribution in [0.2, 0.25) is 0 Å². The van der Waals surface area contributed by atoms with Gasteiger partial charge in [0.05, 0.1) is 0 Å². The number of ketones is 2. The van der Waals surface area contributed by atoms with Crippen LogP contribution in [-0.4, -0.2) is 17.2 Å². The van der Waals surface area contributed by atoms with Crippen molar-refractivity contribution in [2.45, 2.75) is 65.4 Å². The van der Waals surface area contributed by atoms with Crippen LogP contribution in [0.3, 0.4) is 0 Å². The molecule has 4 aliphatic rings. The average molecular weight is 361 g/mol. The predicted molar refractivity (Wildman–Crippen MR) is 97.0 cm³/mol. The molecule has 0 bridgehead atoms. The number of allylic oxidation sites excluding steroid dienone is 3. The molecule has 2 saturated carbocycles. The maximum atomic E-state index is 12.0. The number of hydrogen-bond donors (Lipinski definition) is 0. The van der Waals surface area contributed by atoms with E-state index in [-0.39, 0.29) is 10.4 Å². The van der Waals surface area contributed by atoms with Crippen molar-refractivity contribution in [1.29, 1.82) is 0 Å². The number of halogens is 1. The number of fused-ring (bicyclic) bond motifs is 4. The van der Waals surface area contributed by atoms with Gasteiger partial charge >= 0.3 is 0 Å². The third kappa shape index (κ3) is 2.24. The Balaban J connectivity index is 1.90. The Bertz CT molecular complexity index is 785. The third-order valence-electron chi connectivity index (χ3n) is 7.14. The van der Waals surface area contributed by atoms with E-state index in [1.54, 1.807) is 0 Å². The first-order valence-electron chi connectivity index (χ1n) is 9.21. The minimum absolute atomic E-state index is 0.00200. The van der Waals surface area contributed by atoms with E-state index in [1.165, 1.54) is 24.5 Å². The molecule has 3 aliphatic carbocycles. The lowest BCUT2D eigenvalue weighted by Gasteiger charge is -2.60. The van der Waals surface area contributed by atoms with E-state index < -0.39 is 17.2 Å². The molecule has 0 radical (unpaired) electrons. The van der Waals surface area contributed by atoms with E-state index >= 15 is 0 Å². The highest BCUT2D eigenvalue weighted by molar-refractivity contribution is 6.61. The zero-order valence-electron chi connectivity index (χ0n) is 15.4. The van der Waals surface area contributed by atoms with Gasteiger partial charge in [-0.05, 0) is 61.0 Å². The predicted octanol–water partition coefficient (Wildman–Crippen LogP) is 4.86. The number of hydrogen-bond acceptors (Lipinski definition) is 3. The molecule has 1 heterocycles. The molecule has 134 valence electrons. The molecule has 1 aliphatic heterocycles. The third-order valence-corrected chi connectivity index (χ3v) is 7.51. The van der Waals surface area contributed by atoms with E-state index in [2.05, 4.69) is 33.8 Å². The van der Waals surface area contributed by atoms with Crippen LogP contribution in [0.25, 0.3) is 0 Å². The van der Waals surface area contributed by atoms with Gasteiger partial charge in [0, 0.05) is 11.6 Å². The molecule has 0 amide bonds. The smallest absolute Gasteiger partial charge is 0.245 e. The normalized spacial score (nSPS) is 39.6. The summed E-state index contributed by atoms with van der Waals surface area (Å²) in [6.45, 7) is 9.23. The van der Waals surface area contributed by atoms with Gasteiger partial charge in [0.2, 0.25) is 11.6 Å². The maximum absolute atomic E-state index is 12.0. The van der Waals surface area contributed by atoms with Gasteiger partial charge in [-0.15, -0.1) is 0 Å². The van der Waals surface area contributed by atoms with Gasteiger partial charge in [-0.1, -0.05) is 38.8 Å². The lowest BCUT2D eigenvalue weighted by molar-refractivity contribution is -0.131. The van der Waals surface area contributed by atoms with Gasteiger partial charge < -0.3 is 4.74 Å². The molecule has 25 heavy (non-hydrogen) atoms. The highest BCUT2D eigenvalue weighted by Gasteiger charge is 2.58. The van der Waals surface area contributed by atoms with Crippen LogP contribution in [0.5, 0.6) is 0 Å². The summed E-state index contributed by atoms with van der Waals surface area (Å²) in [6, 6.07) is 0. The number of rotatable bonds is 0. The number of carbonyl (C=O) groups excluding carboxylic acids is 2. The van der Waals surface area contributed by atoms with Crippen LogP contribution in [0, 0.1) is 16.7 Å². The monoisotopic (exact) mass is 360 g/mol. The Morgan fingerprint density at radius 1 is 1.08 bits per heavy atom. The number of Topliss-reactive ketones (excluding diaryl/α,β-unsaturated/α-hetero) is 1. The van der Waals surface area contributed by atoms with Gasteiger partial charge in [-0.25, -0.2) is 0 Å². The first kappa shape index (κ1) is 17.1. The molecule has 0 aromatic rings. The van der Waals surface area contributed by atoms with Crippen LogP contribution in [0.4, 0.5) is 0 Å². The molecule has 3 nitrogen and oxygen atoms in total. The van der Waals surface area contributed by atoms with Crippen LogP contribution in [0.1, 0.15) is 59.8 Å². The van der Waals surface area contributed by atoms with Crippen molar-refractivity contribution in [3.05, 3.63) is 34.1 Å². The molecule has 2 fully saturated rings. The lowest BCUT2D eigenvalue weighted by atomic mass is 9.47. The van der Waals surface area contributed by atoms with Crippen molar-refractivity contribution < 1.29 is 14.3 Å². The fourth-order valence-electron chi connectivity index (χ4n) is 5.94. The first-order valence-corrected chi connectivity index (χ1v) is 9.58. The molecule has 0 N–H and O–H groups in total. The molecule has 4 rings (SSSR count). The molecule has 0 spiro atoms. The van der Waals surface area contributed by atoms with Gasteiger partial charge in [0.1, 0.15) is 16.4 Å². The summed E-state index contributed by atoms with van der Waals surface area (Å²) in [5.74, 6) is -0.186. The Morgan fingerprint density at radius 2 is 1.80 bits per heavy atom. The second kappa shape index (κ2) is 5.09. The summed E-state index contributed by atoms with van der Waals surface area (Å²) in [7, 11) is 0. The summed E-state index contributed by atoms with van der Waals surface area (Å²) in [4.78, 5) is 23.9. The maximum Gasteiger partial charge on any atom is 0.245 e. The van der Waals surface area contributed by atoms with E-state index in [0.29, 0.717) is 22.7 Å².